The predicted octanol–water partition coefficient (Wildman–Crippen LogP) is 2.40. The van der Waals surface area contributed by atoms with Crippen molar-refractivity contribution in [1.29, 1.82) is 0 Å². The molecule has 0 unspecified atom stereocenters. The van der Waals surface area contributed by atoms with Crippen molar-refractivity contribution in [2.45, 2.75) is 19.6 Å². The van der Waals surface area contributed by atoms with Crippen LogP contribution in [0.3, 0.4) is 0 Å². The van der Waals surface area contributed by atoms with Gasteiger partial charge in [0.2, 0.25) is 0 Å². The molecular weight excluding hydrogens is 376 g/mol. The lowest BCUT2D eigenvalue weighted by molar-refractivity contribution is -0.147. The van der Waals surface area contributed by atoms with Crippen LogP contribution in [0.4, 0.5) is 8.78 Å². The molecule has 0 aliphatic heterocycles. The van der Waals surface area contributed by atoms with Gasteiger partial charge >= 0.3 is 12.6 Å². The Balaban J connectivity index is 1.78. The quantitative estimate of drug-likeness (QED) is 0.634. The summed E-state index contributed by atoms with van der Waals surface area (Å²) in [6.45, 7) is -3.35. The third-order valence-corrected chi connectivity index (χ3v) is 3.58. The van der Waals surface area contributed by atoms with E-state index in [1.54, 1.807) is 12.1 Å². The second kappa shape index (κ2) is 10.1. The molecule has 0 fully saturated rings. The summed E-state index contributed by atoms with van der Waals surface area (Å²) in [7, 11) is 1.31. The number of hydrogen-bond donors (Lipinski definition) is 2. The zero-order valence-corrected chi connectivity index (χ0v) is 15.0. The summed E-state index contributed by atoms with van der Waals surface area (Å²) in [6.07, 6.45) is -0.0314. The minimum atomic E-state index is -2.98. The lowest BCUT2D eigenvalue weighted by Crippen LogP contribution is -2.28. The van der Waals surface area contributed by atoms with Crippen molar-refractivity contribution in [3.05, 3.63) is 53.6 Å². The number of methoxy groups -OCH3 is 1. The number of alkyl halides is 2. The zero-order chi connectivity index (χ0) is 20.5. The Morgan fingerprint density at radius 3 is 2.39 bits per heavy atom. The molecule has 150 valence electrons. The Morgan fingerprint density at radius 1 is 1.07 bits per heavy atom. The highest BCUT2D eigenvalue weighted by Gasteiger charge is 2.12. The van der Waals surface area contributed by atoms with Crippen LogP contribution in [0, 0.1) is 0 Å². The molecule has 9 heteroatoms. The van der Waals surface area contributed by atoms with Gasteiger partial charge in [-0.2, -0.15) is 8.78 Å². The highest BCUT2D eigenvalue weighted by molar-refractivity contribution is 5.81. The second-order valence-electron chi connectivity index (χ2n) is 5.64. The van der Waals surface area contributed by atoms with Crippen LogP contribution in [0.5, 0.6) is 17.2 Å². The van der Waals surface area contributed by atoms with Crippen LogP contribution in [-0.2, 0) is 27.3 Å². The number of aromatic hydroxyl groups is 1. The number of carbonyl (C=O) groups is 2. The van der Waals surface area contributed by atoms with Crippen molar-refractivity contribution in [3.8, 4) is 17.2 Å². The van der Waals surface area contributed by atoms with Crippen LogP contribution in [0.15, 0.2) is 42.5 Å². The molecule has 0 radical (unpaired) electrons. The predicted molar refractivity (Wildman–Crippen MR) is 94.2 cm³/mol. The van der Waals surface area contributed by atoms with Gasteiger partial charge in [0.25, 0.3) is 5.91 Å². The monoisotopic (exact) mass is 395 g/mol. The summed E-state index contributed by atoms with van der Waals surface area (Å²) in [5.41, 5.74) is 1.23. The van der Waals surface area contributed by atoms with Crippen molar-refractivity contribution < 1.29 is 37.7 Å². The summed E-state index contributed by atoms with van der Waals surface area (Å²) >= 11 is 0. The highest BCUT2D eigenvalue weighted by Crippen LogP contribution is 2.29. The molecule has 0 saturated heterocycles. The minimum absolute atomic E-state index is 0.0314. The molecule has 7 nitrogen and oxygen atoms in total. The number of esters is 1. The maximum Gasteiger partial charge on any atom is 0.387 e. The van der Waals surface area contributed by atoms with E-state index < -0.39 is 25.1 Å². The van der Waals surface area contributed by atoms with Gasteiger partial charge in [-0.25, -0.2) is 0 Å². The van der Waals surface area contributed by atoms with Crippen molar-refractivity contribution in [1.82, 2.24) is 5.32 Å². The van der Waals surface area contributed by atoms with E-state index in [0.717, 1.165) is 0 Å². The number of phenols is 1. The molecule has 0 aromatic heterocycles. The van der Waals surface area contributed by atoms with E-state index in [1.807, 2.05) is 0 Å². The fraction of sp³-hybridized carbons (Fsp3) is 0.263. The minimum Gasteiger partial charge on any atom is -0.508 e. The number of nitrogens with one attached hydrogen (secondary N) is 1. The average molecular weight is 395 g/mol. The molecule has 0 aliphatic rings. The lowest BCUT2D eigenvalue weighted by Gasteiger charge is -2.12. The molecule has 2 aromatic rings. The van der Waals surface area contributed by atoms with Crippen molar-refractivity contribution in [2.24, 2.45) is 0 Å². The third kappa shape index (κ3) is 6.75. The number of ether oxygens (including phenoxy) is 3. The summed E-state index contributed by atoms with van der Waals surface area (Å²) in [4.78, 5) is 23.5. The first-order chi connectivity index (χ1) is 13.4. The first-order valence-electron chi connectivity index (χ1n) is 8.19. The van der Waals surface area contributed by atoms with Crippen molar-refractivity contribution >= 4 is 11.9 Å². The Kier molecular flexibility index (Phi) is 7.55. The van der Waals surface area contributed by atoms with Gasteiger partial charge in [-0.1, -0.05) is 18.2 Å². The fourth-order valence-electron chi connectivity index (χ4n) is 2.24. The average Bonchev–Trinajstić information content (AvgIpc) is 2.67. The number of amides is 1. The zero-order valence-electron chi connectivity index (χ0n) is 15.0. The van der Waals surface area contributed by atoms with Crippen LogP contribution < -0.4 is 14.8 Å². The Labute approximate surface area is 159 Å². The highest BCUT2D eigenvalue weighted by atomic mass is 19.3. The van der Waals surface area contributed by atoms with E-state index in [1.165, 1.54) is 37.4 Å². The third-order valence-electron chi connectivity index (χ3n) is 3.58. The van der Waals surface area contributed by atoms with E-state index in [0.29, 0.717) is 11.1 Å². The Morgan fingerprint density at radius 2 is 1.75 bits per heavy atom. The molecule has 0 heterocycles. The van der Waals surface area contributed by atoms with Gasteiger partial charge in [-0.3, -0.25) is 9.59 Å². The number of rotatable bonds is 9. The van der Waals surface area contributed by atoms with Crippen LogP contribution >= 0.6 is 0 Å². The summed E-state index contributed by atoms with van der Waals surface area (Å²) < 4.78 is 38.8. The van der Waals surface area contributed by atoms with Gasteiger partial charge in [0.15, 0.2) is 18.1 Å². The number of carbonyl (C=O) groups excluding carboxylic acids is 2. The number of hydrogen-bond acceptors (Lipinski definition) is 6. The maximum atomic E-state index is 12.3. The van der Waals surface area contributed by atoms with Gasteiger partial charge in [0, 0.05) is 6.54 Å². The SMILES string of the molecule is COc1cc(CNC(=O)COC(=O)Cc2ccc(O)cc2)ccc1OC(F)F. The standard InChI is InChI=1S/C19H19F2NO6/c1-26-16-8-13(4-7-15(16)28-19(20)21)10-22-17(24)11-27-18(25)9-12-2-5-14(23)6-3-12/h2-8,19,23H,9-11H2,1H3,(H,22,24). The van der Waals surface area contributed by atoms with Gasteiger partial charge in [-0.15, -0.1) is 0 Å². The van der Waals surface area contributed by atoms with Gasteiger partial charge in [-0.05, 0) is 35.4 Å². The maximum absolute atomic E-state index is 12.3. The molecule has 2 aromatic carbocycles. The van der Waals surface area contributed by atoms with E-state index in [9.17, 15) is 23.5 Å². The summed E-state index contributed by atoms with van der Waals surface area (Å²) in [5.74, 6) is -1.04. The smallest absolute Gasteiger partial charge is 0.387 e. The van der Waals surface area contributed by atoms with Crippen molar-refractivity contribution in [3.63, 3.8) is 0 Å². The molecule has 0 spiro atoms. The number of phenolic OH excluding ortho intramolecular Hbond substituents is 1. The topological polar surface area (TPSA) is 94.1 Å². The lowest BCUT2D eigenvalue weighted by atomic mass is 10.1. The molecule has 0 saturated carbocycles. The molecule has 2 rings (SSSR count). The Bertz CT molecular complexity index is 811. The van der Waals surface area contributed by atoms with Gasteiger partial charge < -0.3 is 24.6 Å². The molecule has 1 amide bonds. The number of halogens is 2. The number of benzene rings is 2. The van der Waals surface area contributed by atoms with Crippen LogP contribution in [-0.4, -0.2) is 37.3 Å². The fourth-order valence-corrected chi connectivity index (χ4v) is 2.24. The van der Waals surface area contributed by atoms with E-state index in [4.69, 9.17) is 9.47 Å². The van der Waals surface area contributed by atoms with Gasteiger partial charge in [0.05, 0.1) is 13.5 Å². The molecule has 0 atom stereocenters. The van der Waals surface area contributed by atoms with E-state index in [2.05, 4.69) is 10.1 Å². The molecule has 28 heavy (non-hydrogen) atoms. The first-order valence-corrected chi connectivity index (χ1v) is 8.19. The van der Waals surface area contributed by atoms with E-state index in [-0.39, 0.29) is 30.2 Å². The normalized spacial score (nSPS) is 10.4. The summed E-state index contributed by atoms with van der Waals surface area (Å²) in [5, 5.41) is 11.7. The first kappa shape index (κ1) is 20.9. The van der Waals surface area contributed by atoms with Crippen LogP contribution in [0.25, 0.3) is 0 Å². The van der Waals surface area contributed by atoms with E-state index >= 15 is 0 Å². The molecule has 0 aliphatic carbocycles. The largest absolute Gasteiger partial charge is 0.508 e. The van der Waals surface area contributed by atoms with Gasteiger partial charge in [0.1, 0.15) is 5.75 Å². The van der Waals surface area contributed by atoms with Crippen molar-refractivity contribution in [2.75, 3.05) is 13.7 Å². The van der Waals surface area contributed by atoms with Crippen LogP contribution in [0.1, 0.15) is 11.1 Å². The molecule has 0 bridgehead atoms. The molecule has 2 N–H and O–H groups in total. The van der Waals surface area contributed by atoms with Crippen LogP contribution in [0.2, 0.25) is 0 Å². The molecular formula is C19H19F2NO6. The summed E-state index contributed by atoms with van der Waals surface area (Å²) in [6, 6.07) is 10.3. The Hall–Kier alpha value is -3.36. The second-order valence-corrected chi connectivity index (χ2v) is 5.64.